The van der Waals surface area contributed by atoms with E-state index >= 15 is 0 Å². The number of carbonyl (C=O) groups excluding carboxylic acids is 1. The summed E-state index contributed by atoms with van der Waals surface area (Å²) in [5, 5.41) is 9.68. The molecule has 2 aliphatic heterocycles. The molecular formula is C19H17BrN2O4. The van der Waals surface area contributed by atoms with Crippen LogP contribution in [0.3, 0.4) is 0 Å². The Bertz CT molecular complexity index is 940. The lowest BCUT2D eigenvalue weighted by molar-refractivity contribution is -0.119. The Labute approximate surface area is 159 Å². The van der Waals surface area contributed by atoms with Gasteiger partial charge in [-0.2, -0.15) is 5.26 Å². The normalized spacial score (nSPS) is 23.5. The summed E-state index contributed by atoms with van der Waals surface area (Å²) in [7, 11) is 0. The molecule has 0 aromatic heterocycles. The van der Waals surface area contributed by atoms with E-state index in [0.717, 1.165) is 10.0 Å². The molecule has 0 spiro atoms. The van der Waals surface area contributed by atoms with Crippen molar-refractivity contribution in [3.8, 4) is 17.6 Å². The van der Waals surface area contributed by atoms with Gasteiger partial charge in [-0.15, -0.1) is 0 Å². The highest BCUT2D eigenvalue weighted by Crippen LogP contribution is 2.50. The molecule has 0 bridgehead atoms. The molecule has 1 aliphatic carbocycles. The van der Waals surface area contributed by atoms with E-state index in [1.807, 2.05) is 13.8 Å². The zero-order valence-corrected chi connectivity index (χ0v) is 16.0. The van der Waals surface area contributed by atoms with E-state index in [4.69, 9.17) is 19.9 Å². The van der Waals surface area contributed by atoms with E-state index in [9.17, 15) is 10.1 Å². The summed E-state index contributed by atoms with van der Waals surface area (Å²) in [6, 6.07) is 5.71. The van der Waals surface area contributed by atoms with Gasteiger partial charge in [0.25, 0.3) is 0 Å². The molecule has 2 N–H and O–H groups in total. The number of benzene rings is 1. The van der Waals surface area contributed by atoms with Crippen LogP contribution in [0.25, 0.3) is 0 Å². The van der Waals surface area contributed by atoms with Gasteiger partial charge in [0.1, 0.15) is 17.4 Å². The van der Waals surface area contributed by atoms with Crippen LogP contribution in [-0.2, 0) is 9.53 Å². The SMILES string of the molecule is CC1(C)CC(=O)C2=C(C1)OC(N)=C(C#N)C2c1cc2c(cc1Br)OCO2. The lowest BCUT2D eigenvalue weighted by Crippen LogP contribution is -2.33. The van der Waals surface area contributed by atoms with Crippen molar-refractivity contribution in [3.63, 3.8) is 0 Å². The second-order valence-corrected chi connectivity index (χ2v) is 8.28. The van der Waals surface area contributed by atoms with Gasteiger partial charge in [-0.3, -0.25) is 4.79 Å². The second-order valence-electron chi connectivity index (χ2n) is 7.43. The number of nitrogens with zero attached hydrogens (tertiary/aromatic N) is 1. The van der Waals surface area contributed by atoms with Gasteiger partial charge < -0.3 is 19.9 Å². The lowest BCUT2D eigenvalue weighted by atomic mass is 9.70. The third kappa shape index (κ3) is 2.56. The quantitative estimate of drug-likeness (QED) is 0.750. The summed E-state index contributed by atoms with van der Waals surface area (Å²) >= 11 is 3.54. The highest BCUT2D eigenvalue weighted by atomic mass is 79.9. The van der Waals surface area contributed by atoms with Crippen molar-refractivity contribution in [2.45, 2.75) is 32.6 Å². The number of fused-ring (bicyclic) bond motifs is 1. The van der Waals surface area contributed by atoms with Gasteiger partial charge in [0.15, 0.2) is 17.3 Å². The third-order valence-corrected chi connectivity index (χ3v) is 5.57. The Morgan fingerprint density at radius 3 is 2.65 bits per heavy atom. The first-order valence-electron chi connectivity index (χ1n) is 8.23. The highest BCUT2D eigenvalue weighted by molar-refractivity contribution is 9.10. The van der Waals surface area contributed by atoms with Crippen LogP contribution < -0.4 is 15.2 Å². The molecule has 1 aromatic rings. The van der Waals surface area contributed by atoms with Crippen LogP contribution in [0.4, 0.5) is 0 Å². The van der Waals surface area contributed by atoms with Crippen LogP contribution in [0, 0.1) is 16.7 Å². The minimum atomic E-state index is -0.587. The van der Waals surface area contributed by atoms with Gasteiger partial charge in [0, 0.05) is 22.9 Å². The average molecular weight is 417 g/mol. The van der Waals surface area contributed by atoms with Crippen LogP contribution in [-0.4, -0.2) is 12.6 Å². The maximum absolute atomic E-state index is 13.0. The van der Waals surface area contributed by atoms with Gasteiger partial charge in [0.05, 0.1) is 5.92 Å². The van der Waals surface area contributed by atoms with Crippen LogP contribution in [0.15, 0.2) is 39.4 Å². The van der Waals surface area contributed by atoms with Crippen molar-refractivity contribution >= 4 is 21.7 Å². The van der Waals surface area contributed by atoms with Crippen LogP contribution in [0.5, 0.6) is 11.5 Å². The number of carbonyl (C=O) groups is 1. The summed E-state index contributed by atoms with van der Waals surface area (Å²) in [5.74, 6) is 1.19. The number of Topliss-reactive ketones (excluding diaryl/α,β-unsaturated/α-hetero) is 1. The number of halogens is 1. The molecule has 0 radical (unpaired) electrons. The molecule has 6 nitrogen and oxygen atoms in total. The van der Waals surface area contributed by atoms with Crippen LogP contribution >= 0.6 is 15.9 Å². The molecule has 1 aromatic carbocycles. The summed E-state index contributed by atoms with van der Waals surface area (Å²) in [6.45, 7) is 4.18. The fourth-order valence-corrected chi connectivity index (χ4v) is 4.30. The van der Waals surface area contributed by atoms with E-state index in [0.29, 0.717) is 35.7 Å². The maximum Gasteiger partial charge on any atom is 0.231 e. The Hall–Kier alpha value is -2.46. The molecule has 4 rings (SSSR count). The lowest BCUT2D eigenvalue weighted by Gasteiger charge is -2.37. The Morgan fingerprint density at radius 2 is 1.96 bits per heavy atom. The molecule has 2 heterocycles. The average Bonchev–Trinajstić information content (AvgIpc) is 2.98. The van der Waals surface area contributed by atoms with E-state index in [1.165, 1.54) is 0 Å². The fraction of sp³-hybridized carbons (Fsp3) is 0.368. The number of hydrogen-bond donors (Lipinski definition) is 1. The standard InChI is InChI=1S/C19H17BrN2O4/c1-19(2)5-12(23)17-15(6-19)26-18(22)10(7-21)16(17)9-3-13-14(4-11(9)20)25-8-24-13/h3-4,16H,5-6,8,22H2,1-2H3. The van der Waals surface area contributed by atoms with E-state index in [1.54, 1.807) is 12.1 Å². The number of nitrogens with two attached hydrogens (primary N) is 1. The zero-order valence-electron chi connectivity index (χ0n) is 14.4. The number of rotatable bonds is 1. The maximum atomic E-state index is 13.0. The molecule has 7 heteroatoms. The molecule has 1 unspecified atom stereocenters. The molecule has 0 saturated heterocycles. The van der Waals surface area contributed by atoms with Crippen LogP contribution in [0.1, 0.15) is 38.2 Å². The minimum Gasteiger partial charge on any atom is -0.454 e. The van der Waals surface area contributed by atoms with Gasteiger partial charge >= 0.3 is 0 Å². The van der Waals surface area contributed by atoms with Crippen molar-refractivity contribution < 1.29 is 19.0 Å². The largest absolute Gasteiger partial charge is 0.454 e. The van der Waals surface area contributed by atoms with Gasteiger partial charge in [0.2, 0.25) is 12.7 Å². The number of nitriles is 1. The van der Waals surface area contributed by atoms with Crippen molar-refractivity contribution in [3.05, 3.63) is 45.0 Å². The van der Waals surface area contributed by atoms with Crippen molar-refractivity contribution in [1.82, 2.24) is 0 Å². The molecule has 3 aliphatic rings. The number of hydrogen-bond acceptors (Lipinski definition) is 6. The molecule has 0 fully saturated rings. The molecule has 0 amide bonds. The molecule has 134 valence electrons. The Balaban J connectivity index is 1.92. The number of allylic oxidation sites excluding steroid dienone is 3. The summed E-state index contributed by atoms with van der Waals surface area (Å²) < 4.78 is 17.3. The summed E-state index contributed by atoms with van der Waals surface area (Å²) in [6.07, 6.45) is 0.985. The molecule has 1 atom stereocenters. The van der Waals surface area contributed by atoms with Crippen molar-refractivity contribution in [2.75, 3.05) is 6.79 Å². The van der Waals surface area contributed by atoms with Gasteiger partial charge in [-0.1, -0.05) is 29.8 Å². The number of ketones is 1. The van der Waals surface area contributed by atoms with Gasteiger partial charge in [-0.05, 0) is 23.1 Å². The van der Waals surface area contributed by atoms with Crippen molar-refractivity contribution in [1.29, 1.82) is 5.26 Å². The molecule has 0 saturated carbocycles. The predicted octanol–water partition coefficient (Wildman–Crippen LogP) is 3.63. The van der Waals surface area contributed by atoms with Gasteiger partial charge in [-0.25, -0.2) is 0 Å². The first-order valence-corrected chi connectivity index (χ1v) is 9.03. The molecule has 26 heavy (non-hydrogen) atoms. The van der Waals surface area contributed by atoms with E-state index in [2.05, 4.69) is 22.0 Å². The zero-order chi connectivity index (χ0) is 18.6. The van der Waals surface area contributed by atoms with Crippen molar-refractivity contribution in [2.24, 2.45) is 11.1 Å². The second kappa shape index (κ2) is 5.78. The summed E-state index contributed by atoms with van der Waals surface area (Å²) in [5.41, 5.74) is 7.30. The fourth-order valence-electron chi connectivity index (χ4n) is 3.75. The van der Waals surface area contributed by atoms with E-state index < -0.39 is 5.92 Å². The Morgan fingerprint density at radius 1 is 1.27 bits per heavy atom. The molecular weight excluding hydrogens is 400 g/mol. The Kier molecular flexibility index (Phi) is 3.77. The first kappa shape index (κ1) is 17.0. The monoisotopic (exact) mass is 416 g/mol. The topological polar surface area (TPSA) is 94.6 Å². The smallest absolute Gasteiger partial charge is 0.231 e. The predicted molar refractivity (Wildman–Crippen MR) is 96.0 cm³/mol. The number of ether oxygens (including phenoxy) is 3. The van der Waals surface area contributed by atoms with Crippen LogP contribution in [0.2, 0.25) is 0 Å². The summed E-state index contributed by atoms with van der Waals surface area (Å²) in [4.78, 5) is 13.0. The first-order chi connectivity index (χ1) is 12.3. The minimum absolute atomic E-state index is 0.0222. The third-order valence-electron chi connectivity index (χ3n) is 4.88. The highest BCUT2D eigenvalue weighted by Gasteiger charge is 2.43. The van der Waals surface area contributed by atoms with E-state index in [-0.39, 0.29) is 29.4 Å².